The minimum Gasteiger partial charge on any atom is -0.313 e. The molecular formula is C12H16FNO2S. The molecule has 1 saturated heterocycles. The Balaban J connectivity index is 2.01. The molecule has 5 heteroatoms. The van der Waals surface area contributed by atoms with Crippen LogP contribution in [-0.4, -0.2) is 26.8 Å². The Kier molecular flexibility index (Phi) is 3.79. The molecule has 0 aromatic heterocycles. The molecule has 0 aliphatic carbocycles. The second-order valence-corrected chi connectivity index (χ2v) is 6.59. The predicted octanol–water partition coefficient (Wildman–Crippen LogP) is 1.49. The summed E-state index contributed by atoms with van der Waals surface area (Å²) in [6.45, 7) is 0.889. The second-order valence-electron chi connectivity index (χ2n) is 4.48. The van der Waals surface area contributed by atoms with E-state index in [0.29, 0.717) is 5.56 Å². The Morgan fingerprint density at radius 2 is 2.24 bits per heavy atom. The van der Waals surface area contributed by atoms with Gasteiger partial charge >= 0.3 is 0 Å². The number of hydrogen-bond acceptors (Lipinski definition) is 3. The molecule has 0 bridgehead atoms. The molecule has 3 nitrogen and oxygen atoms in total. The Morgan fingerprint density at radius 3 is 2.88 bits per heavy atom. The number of benzene rings is 1. The third-order valence-electron chi connectivity index (χ3n) is 2.89. The fourth-order valence-corrected chi connectivity index (χ4v) is 3.85. The first-order valence-corrected chi connectivity index (χ1v) is 7.55. The van der Waals surface area contributed by atoms with E-state index < -0.39 is 15.7 Å². The lowest BCUT2D eigenvalue weighted by molar-refractivity contribution is 0.576. The van der Waals surface area contributed by atoms with Gasteiger partial charge in [-0.05, 0) is 37.1 Å². The van der Waals surface area contributed by atoms with Gasteiger partial charge in [-0.15, -0.1) is 0 Å². The maximum absolute atomic E-state index is 12.9. The minimum absolute atomic E-state index is 0.0635. The van der Waals surface area contributed by atoms with E-state index in [1.807, 2.05) is 0 Å². The highest BCUT2D eigenvalue weighted by Crippen LogP contribution is 2.13. The molecule has 0 amide bonds. The Morgan fingerprint density at radius 1 is 1.41 bits per heavy atom. The zero-order valence-corrected chi connectivity index (χ0v) is 10.3. The summed E-state index contributed by atoms with van der Waals surface area (Å²) in [4.78, 5) is 0. The molecule has 94 valence electrons. The van der Waals surface area contributed by atoms with Crippen LogP contribution in [0.5, 0.6) is 0 Å². The zero-order valence-electron chi connectivity index (χ0n) is 9.52. The molecule has 17 heavy (non-hydrogen) atoms. The van der Waals surface area contributed by atoms with E-state index in [1.54, 1.807) is 6.07 Å². The average Bonchev–Trinajstić information content (AvgIpc) is 2.68. The van der Waals surface area contributed by atoms with E-state index in [-0.39, 0.29) is 17.5 Å². The van der Waals surface area contributed by atoms with E-state index in [9.17, 15) is 12.8 Å². The van der Waals surface area contributed by atoms with Gasteiger partial charge in [0.15, 0.2) is 9.84 Å². The standard InChI is InChI=1S/C12H16FNO2S/c13-11-4-1-3-10(7-11)8-17(15,16)9-12-5-2-6-14-12/h1,3-4,7,12,14H,2,5-6,8-9H2. The van der Waals surface area contributed by atoms with Crippen LogP contribution in [0.3, 0.4) is 0 Å². The van der Waals surface area contributed by atoms with Crippen molar-refractivity contribution in [2.45, 2.75) is 24.6 Å². The van der Waals surface area contributed by atoms with E-state index in [1.165, 1.54) is 18.2 Å². The fraction of sp³-hybridized carbons (Fsp3) is 0.500. The third-order valence-corrected chi connectivity index (χ3v) is 4.58. The number of halogens is 1. The SMILES string of the molecule is O=S(=O)(Cc1cccc(F)c1)CC1CCCN1. The first kappa shape index (κ1) is 12.5. The molecule has 1 N–H and O–H groups in total. The summed E-state index contributed by atoms with van der Waals surface area (Å²) in [5, 5.41) is 3.16. The molecule has 1 aliphatic rings. The van der Waals surface area contributed by atoms with Crippen LogP contribution in [0.2, 0.25) is 0 Å². The quantitative estimate of drug-likeness (QED) is 0.889. The molecule has 2 rings (SSSR count). The summed E-state index contributed by atoms with van der Waals surface area (Å²) < 4.78 is 36.7. The first-order valence-electron chi connectivity index (χ1n) is 5.73. The predicted molar refractivity (Wildman–Crippen MR) is 64.9 cm³/mol. The van der Waals surface area contributed by atoms with Gasteiger partial charge in [-0.3, -0.25) is 0 Å². The molecule has 1 aliphatic heterocycles. The number of sulfone groups is 1. The summed E-state index contributed by atoms with van der Waals surface area (Å²) in [6.07, 6.45) is 1.93. The summed E-state index contributed by atoms with van der Waals surface area (Å²) >= 11 is 0. The van der Waals surface area contributed by atoms with E-state index >= 15 is 0 Å². The fourth-order valence-electron chi connectivity index (χ4n) is 2.15. The molecule has 1 atom stereocenters. The highest BCUT2D eigenvalue weighted by Gasteiger charge is 2.22. The Hall–Kier alpha value is -0.940. The summed E-state index contributed by atoms with van der Waals surface area (Å²) in [5.41, 5.74) is 0.517. The van der Waals surface area contributed by atoms with Crippen molar-refractivity contribution >= 4 is 9.84 Å². The Bertz CT molecular complexity index is 481. The van der Waals surface area contributed by atoms with E-state index in [4.69, 9.17) is 0 Å². The van der Waals surface area contributed by atoms with Crippen molar-refractivity contribution in [1.82, 2.24) is 5.32 Å². The molecule has 1 fully saturated rings. The molecular weight excluding hydrogens is 241 g/mol. The van der Waals surface area contributed by atoms with E-state index in [2.05, 4.69) is 5.32 Å². The maximum Gasteiger partial charge on any atom is 0.155 e. The highest BCUT2D eigenvalue weighted by molar-refractivity contribution is 7.90. The van der Waals surface area contributed by atoms with Gasteiger partial charge < -0.3 is 5.32 Å². The van der Waals surface area contributed by atoms with Gasteiger partial charge in [-0.1, -0.05) is 12.1 Å². The van der Waals surface area contributed by atoms with Crippen LogP contribution in [0.4, 0.5) is 4.39 Å². The van der Waals surface area contributed by atoms with Gasteiger partial charge in [0.2, 0.25) is 0 Å². The van der Waals surface area contributed by atoms with Gasteiger partial charge in [-0.2, -0.15) is 0 Å². The number of nitrogens with one attached hydrogen (secondary N) is 1. The van der Waals surface area contributed by atoms with Crippen LogP contribution in [-0.2, 0) is 15.6 Å². The lowest BCUT2D eigenvalue weighted by Crippen LogP contribution is -2.30. The summed E-state index contributed by atoms with van der Waals surface area (Å²) in [5.74, 6) is -0.330. The van der Waals surface area contributed by atoms with E-state index in [0.717, 1.165) is 19.4 Å². The summed E-state index contributed by atoms with van der Waals surface area (Å²) in [6, 6.07) is 5.83. The summed E-state index contributed by atoms with van der Waals surface area (Å²) in [7, 11) is -3.16. The van der Waals surface area contributed by atoms with Crippen molar-refractivity contribution in [2.24, 2.45) is 0 Å². The van der Waals surface area contributed by atoms with Gasteiger partial charge in [0.25, 0.3) is 0 Å². The number of hydrogen-bond donors (Lipinski definition) is 1. The van der Waals surface area contributed by atoms with Gasteiger partial charge in [-0.25, -0.2) is 12.8 Å². The van der Waals surface area contributed by atoms with Crippen LogP contribution in [0.25, 0.3) is 0 Å². The van der Waals surface area contributed by atoms with Crippen molar-refractivity contribution in [2.75, 3.05) is 12.3 Å². The molecule has 1 heterocycles. The monoisotopic (exact) mass is 257 g/mol. The lowest BCUT2D eigenvalue weighted by atomic mass is 10.2. The van der Waals surface area contributed by atoms with Gasteiger partial charge in [0, 0.05) is 6.04 Å². The first-order chi connectivity index (χ1) is 8.05. The van der Waals surface area contributed by atoms with Gasteiger partial charge in [0.05, 0.1) is 11.5 Å². The van der Waals surface area contributed by atoms with Crippen molar-refractivity contribution in [3.8, 4) is 0 Å². The van der Waals surface area contributed by atoms with Crippen LogP contribution in [0, 0.1) is 5.82 Å². The van der Waals surface area contributed by atoms with Crippen molar-refractivity contribution in [3.63, 3.8) is 0 Å². The molecule has 0 spiro atoms. The normalized spacial score (nSPS) is 20.6. The van der Waals surface area contributed by atoms with Crippen LogP contribution in [0.1, 0.15) is 18.4 Å². The van der Waals surface area contributed by atoms with Crippen LogP contribution >= 0.6 is 0 Å². The molecule has 0 saturated carbocycles. The molecule has 1 aromatic rings. The Labute approximate surface area is 101 Å². The van der Waals surface area contributed by atoms with Gasteiger partial charge in [0.1, 0.15) is 5.82 Å². The maximum atomic E-state index is 12.9. The topological polar surface area (TPSA) is 46.2 Å². The van der Waals surface area contributed by atoms with Crippen molar-refractivity contribution in [3.05, 3.63) is 35.6 Å². The van der Waals surface area contributed by atoms with Crippen molar-refractivity contribution < 1.29 is 12.8 Å². The third kappa shape index (κ3) is 3.78. The minimum atomic E-state index is -3.16. The second kappa shape index (κ2) is 5.14. The molecule has 0 radical (unpaired) electrons. The van der Waals surface area contributed by atoms with Crippen molar-refractivity contribution in [1.29, 1.82) is 0 Å². The largest absolute Gasteiger partial charge is 0.313 e. The highest BCUT2D eigenvalue weighted by atomic mass is 32.2. The molecule has 1 aromatic carbocycles. The average molecular weight is 257 g/mol. The lowest BCUT2D eigenvalue weighted by Gasteiger charge is -2.10. The number of rotatable bonds is 4. The van der Waals surface area contributed by atoms with Crippen LogP contribution in [0.15, 0.2) is 24.3 Å². The smallest absolute Gasteiger partial charge is 0.155 e. The zero-order chi connectivity index (χ0) is 12.3. The molecule has 1 unspecified atom stereocenters. The van der Waals surface area contributed by atoms with Crippen LogP contribution < -0.4 is 5.32 Å².